The molecular weight excluding hydrogens is 325 g/mol. The van der Waals surface area contributed by atoms with Gasteiger partial charge < -0.3 is 0 Å². The third-order valence-electron chi connectivity index (χ3n) is 3.64. The van der Waals surface area contributed by atoms with E-state index in [1.54, 1.807) is 0 Å². The van der Waals surface area contributed by atoms with Crippen LogP contribution in [0.1, 0.15) is 69.8 Å². The number of nitrogens with zero attached hydrogens (tertiary/aromatic N) is 3. The summed E-state index contributed by atoms with van der Waals surface area (Å²) in [6, 6.07) is 0.427. The van der Waals surface area contributed by atoms with Crippen LogP contribution in [-0.2, 0) is 6.42 Å². The van der Waals surface area contributed by atoms with Crippen LogP contribution in [0.3, 0.4) is 0 Å². The molecule has 1 aromatic heterocycles. The Morgan fingerprint density at radius 1 is 1.24 bits per heavy atom. The van der Waals surface area contributed by atoms with E-state index in [-0.39, 0.29) is 0 Å². The molecule has 0 radical (unpaired) electrons. The number of hydrogen-bond donors (Lipinski definition) is 0. The van der Waals surface area contributed by atoms with Crippen molar-refractivity contribution in [3.05, 3.63) is 11.4 Å². The molecule has 3 nitrogen and oxygen atoms in total. The Labute approximate surface area is 117 Å². The van der Waals surface area contributed by atoms with Crippen LogP contribution >= 0.6 is 22.6 Å². The zero-order chi connectivity index (χ0) is 12.4. The van der Waals surface area contributed by atoms with Crippen molar-refractivity contribution in [3.8, 4) is 0 Å². The van der Waals surface area contributed by atoms with Crippen molar-refractivity contribution in [2.45, 2.75) is 68.8 Å². The summed E-state index contributed by atoms with van der Waals surface area (Å²) in [6.07, 6.45) is 6.40. The summed E-state index contributed by atoms with van der Waals surface area (Å²) < 4.78 is 2.77. The highest BCUT2D eigenvalue weighted by Crippen LogP contribution is 2.34. The summed E-state index contributed by atoms with van der Waals surface area (Å²) in [5, 5.41) is 8.87. The average Bonchev–Trinajstić information content (AvgIpc) is 2.60. The van der Waals surface area contributed by atoms with Gasteiger partial charge >= 0.3 is 0 Å². The SMILES string of the molecule is CC(I)C1CCCCCc2c1nnn2C(C)C. The molecule has 0 fully saturated rings. The second-order valence-electron chi connectivity index (χ2n) is 5.34. The zero-order valence-electron chi connectivity index (χ0n) is 11.0. The first-order chi connectivity index (χ1) is 8.11. The lowest BCUT2D eigenvalue weighted by Crippen LogP contribution is -2.16. The van der Waals surface area contributed by atoms with Crippen LogP contribution in [0, 0.1) is 0 Å². The van der Waals surface area contributed by atoms with Crippen LogP contribution in [0.4, 0.5) is 0 Å². The molecule has 0 saturated carbocycles. The van der Waals surface area contributed by atoms with Crippen molar-refractivity contribution < 1.29 is 0 Å². The van der Waals surface area contributed by atoms with Crippen LogP contribution in [-0.4, -0.2) is 18.9 Å². The summed E-state index contributed by atoms with van der Waals surface area (Å²) in [5.41, 5.74) is 2.67. The number of aromatic nitrogens is 3. The number of halogens is 1. The van der Waals surface area contributed by atoms with E-state index in [4.69, 9.17) is 0 Å². The van der Waals surface area contributed by atoms with Gasteiger partial charge in [0.25, 0.3) is 0 Å². The average molecular weight is 347 g/mol. The predicted molar refractivity (Wildman–Crippen MR) is 78.8 cm³/mol. The summed E-state index contributed by atoms with van der Waals surface area (Å²) in [6.45, 7) is 6.68. The summed E-state index contributed by atoms with van der Waals surface area (Å²) in [7, 11) is 0. The lowest BCUT2D eigenvalue weighted by molar-refractivity contribution is 0.478. The second-order valence-corrected chi connectivity index (χ2v) is 7.31. The molecule has 0 bridgehead atoms. The molecule has 1 aliphatic carbocycles. The molecule has 2 atom stereocenters. The minimum Gasteiger partial charge on any atom is -0.247 e. The molecule has 1 aromatic rings. The Kier molecular flexibility index (Phi) is 4.44. The molecule has 17 heavy (non-hydrogen) atoms. The van der Waals surface area contributed by atoms with Gasteiger partial charge in [0, 0.05) is 15.9 Å². The van der Waals surface area contributed by atoms with Gasteiger partial charge in [-0.1, -0.05) is 47.6 Å². The molecule has 0 aliphatic heterocycles. The molecule has 0 spiro atoms. The molecular formula is C13H22IN3. The summed E-state index contributed by atoms with van der Waals surface area (Å²) in [4.78, 5) is 0. The topological polar surface area (TPSA) is 30.7 Å². The van der Waals surface area contributed by atoms with E-state index in [9.17, 15) is 0 Å². The van der Waals surface area contributed by atoms with Crippen LogP contribution in [0.5, 0.6) is 0 Å². The molecule has 2 rings (SSSR count). The van der Waals surface area contributed by atoms with E-state index in [2.05, 4.69) is 58.4 Å². The smallest absolute Gasteiger partial charge is 0.0900 e. The van der Waals surface area contributed by atoms with Crippen LogP contribution in [0.25, 0.3) is 0 Å². The van der Waals surface area contributed by atoms with Gasteiger partial charge in [0.2, 0.25) is 0 Å². The van der Waals surface area contributed by atoms with E-state index in [0.29, 0.717) is 15.9 Å². The minimum atomic E-state index is 0.427. The highest BCUT2D eigenvalue weighted by atomic mass is 127. The maximum absolute atomic E-state index is 4.49. The number of hydrogen-bond acceptors (Lipinski definition) is 2. The Morgan fingerprint density at radius 2 is 2.00 bits per heavy atom. The van der Waals surface area contributed by atoms with Crippen molar-refractivity contribution in [2.24, 2.45) is 0 Å². The fourth-order valence-corrected chi connectivity index (χ4v) is 3.39. The Morgan fingerprint density at radius 3 is 2.65 bits per heavy atom. The van der Waals surface area contributed by atoms with Crippen molar-refractivity contribution >= 4 is 22.6 Å². The highest BCUT2D eigenvalue weighted by molar-refractivity contribution is 14.1. The van der Waals surface area contributed by atoms with Crippen molar-refractivity contribution in [3.63, 3.8) is 0 Å². The molecule has 0 aromatic carbocycles. The maximum Gasteiger partial charge on any atom is 0.0900 e. The molecule has 0 amide bonds. The van der Waals surface area contributed by atoms with E-state index < -0.39 is 0 Å². The Bertz CT molecular complexity index is 371. The van der Waals surface area contributed by atoms with Crippen molar-refractivity contribution in [1.29, 1.82) is 0 Å². The fourth-order valence-electron chi connectivity index (χ4n) is 2.69. The van der Waals surface area contributed by atoms with Gasteiger partial charge in [-0.25, -0.2) is 4.68 Å². The molecule has 1 heterocycles. The number of alkyl halides is 1. The van der Waals surface area contributed by atoms with Gasteiger partial charge in [-0.3, -0.25) is 0 Å². The van der Waals surface area contributed by atoms with Gasteiger partial charge in [-0.2, -0.15) is 0 Å². The second kappa shape index (κ2) is 5.67. The van der Waals surface area contributed by atoms with Gasteiger partial charge in [-0.05, 0) is 33.1 Å². The van der Waals surface area contributed by atoms with Crippen molar-refractivity contribution in [2.75, 3.05) is 0 Å². The van der Waals surface area contributed by atoms with Gasteiger partial charge in [0.15, 0.2) is 0 Å². The molecule has 4 heteroatoms. The van der Waals surface area contributed by atoms with Crippen LogP contribution < -0.4 is 0 Å². The monoisotopic (exact) mass is 347 g/mol. The van der Waals surface area contributed by atoms with Gasteiger partial charge in [0.1, 0.15) is 0 Å². The Hall–Kier alpha value is -0.130. The molecule has 96 valence electrons. The largest absolute Gasteiger partial charge is 0.247 e. The van der Waals surface area contributed by atoms with Crippen LogP contribution in [0.15, 0.2) is 0 Å². The molecule has 0 N–H and O–H groups in total. The number of rotatable bonds is 2. The van der Waals surface area contributed by atoms with Gasteiger partial charge in [0.05, 0.1) is 11.4 Å². The summed E-state index contributed by atoms with van der Waals surface area (Å²) >= 11 is 2.54. The fraction of sp³-hybridized carbons (Fsp3) is 0.846. The summed E-state index contributed by atoms with van der Waals surface area (Å²) in [5.74, 6) is 0.596. The molecule has 0 saturated heterocycles. The quantitative estimate of drug-likeness (QED) is 0.600. The first-order valence-corrected chi connectivity index (χ1v) is 7.94. The first-order valence-electron chi connectivity index (χ1n) is 6.69. The minimum absolute atomic E-state index is 0.427. The van der Waals surface area contributed by atoms with Gasteiger partial charge in [-0.15, -0.1) is 5.10 Å². The standard InChI is InChI=1S/C13H22IN3/c1-9(2)17-12-8-6-4-5-7-11(10(3)14)13(12)15-16-17/h9-11H,4-8H2,1-3H3. The third kappa shape index (κ3) is 2.83. The first kappa shape index (κ1) is 13.3. The number of fused-ring (bicyclic) bond motifs is 1. The normalized spacial score (nSPS) is 23.0. The maximum atomic E-state index is 4.49. The Balaban J connectivity index is 2.39. The van der Waals surface area contributed by atoms with E-state index in [1.807, 2.05) is 0 Å². The van der Waals surface area contributed by atoms with Crippen molar-refractivity contribution in [1.82, 2.24) is 15.0 Å². The lowest BCUT2D eigenvalue weighted by Gasteiger charge is -2.22. The van der Waals surface area contributed by atoms with E-state index in [0.717, 1.165) is 6.42 Å². The molecule has 2 unspecified atom stereocenters. The zero-order valence-corrected chi connectivity index (χ0v) is 13.1. The molecule has 1 aliphatic rings. The lowest BCUT2D eigenvalue weighted by atomic mass is 9.89. The highest BCUT2D eigenvalue weighted by Gasteiger charge is 2.26. The predicted octanol–water partition coefficient (Wildman–Crippen LogP) is 3.88. The third-order valence-corrected chi connectivity index (χ3v) is 4.51. The van der Waals surface area contributed by atoms with E-state index in [1.165, 1.54) is 37.1 Å². The van der Waals surface area contributed by atoms with Crippen LogP contribution in [0.2, 0.25) is 0 Å². The van der Waals surface area contributed by atoms with E-state index >= 15 is 0 Å².